The Hall–Kier alpha value is -1.32. The number of carbonyl (C=O) groups excluding carboxylic acids is 2. The molecule has 0 aromatic heterocycles. The van der Waals surface area contributed by atoms with E-state index in [1.54, 1.807) is 0 Å². The van der Waals surface area contributed by atoms with E-state index in [4.69, 9.17) is 9.47 Å². The molecule has 4 atom stereocenters. The number of allylic oxidation sites excluding steroid dienone is 2. The summed E-state index contributed by atoms with van der Waals surface area (Å²) in [5.74, 6) is -1.40. The first kappa shape index (κ1) is 14.7. The molecule has 18 heavy (non-hydrogen) atoms. The monoisotopic (exact) mass is 254 g/mol. The number of esters is 2. The van der Waals surface area contributed by atoms with Gasteiger partial charge in [-0.1, -0.05) is 26.0 Å². The number of hydrogen-bond acceptors (Lipinski definition) is 4. The third kappa shape index (κ3) is 2.74. The van der Waals surface area contributed by atoms with Gasteiger partial charge in [0, 0.05) is 0 Å². The smallest absolute Gasteiger partial charge is 0.310 e. The molecule has 0 amide bonds. The van der Waals surface area contributed by atoms with Crippen LogP contribution in [0.1, 0.15) is 26.7 Å². The molecule has 1 aliphatic rings. The van der Waals surface area contributed by atoms with Gasteiger partial charge in [-0.25, -0.2) is 0 Å². The van der Waals surface area contributed by atoms with Gasteiger partial charge in [-0.15, -0.1) is 0 Å². The normalized spacial score (nSPS) is 30.9. The predicted molar refractivity (Wildman–Crippen MR) is 67.7 cm³/mol. The van der Waals surface area contributed by atoms with Gasteiger partial charge in [0.15, 0.2) is 0 Å². The van der Waals surface area contributed by atoms with Crippen molar-refractivity contribution in [2.45, 2.75) is 26.7 Å². The van der Waals surface area contributed by atoms with Crippen LogP contribution in [0.4, 0.5) is 0 Å². The third-order valence-electron chi connectivity index (χ3n) is 3.80. The lowest BCUT2D eigenvalue weighted by Crippen LogP contribution is -2.42. The average molecular weight is 254 g/mol. The zero-order chi connectivity index (χ0) is 13.7. The molecule has 0 saturated heterocycles. The molecular weight excluding hydrogens is 232 g/mol. The van der Waals surface area contributed by atoms with Crippen LogP contribution in [0.3, 0.4) is 0 Å². The maximum atomic E-state index is 12.0. The quantitative estimate of drug-likeness (QED) is 0.570. The summed E-state index contributed by atoms with van der Waals surface area (Å²) >= 11 is 0. The average Bonchev–Trinajstić information content (AvgIpc) is 2.43. The Balaban J connectivity index is 3.12. The standard InChI is InChI=1S/C14H22O4/c1-5-9-7-8-10(6-2)12(14(16)18-4)11(9)13(15)17-3/h7-12H,5-6H2,1-4H3/t9-,10+,11-,12-/m0/s1. The number of hydrogen-bond donors (Lipinski definition) is 0. The fourth-order valence-electron chi connectivity index (χ4n) is 2.75. The van der Waals surface area contributed by atoms with E-state index in [2.05, 4.69) is 0 Å². The minimum atomic E-state index is -0.428. The van der Waals surface area contributed by atoms with Crippen molar-refractivity contribution in [3.05, 3.63) is 12.2 Å². The molecule has 4 nitrogen and oxygen atoms in total. The van der Waals surface area contributed by atoms with Gasteiger partial charge in [0.1, 0.15) is 0 Å². The van der Waals surface area contributed by atoms with Crippen LogP contribution in [0.15, 0.2) is 12.2 Å². The lowest BCUT2D eigenvalue weighted by molar-refractivity contribution is -0.161. The Bertz CT molecular complexity index is 303. The summed E-state index contributed by atoms with van der Waals surface area (Å²) in [5, 5.41) is 0. The second kappa shape index (κ2) is 6.57. The van der Waals surface area contributed by atoms with E-state index in [0.717, 1.165) is 12.8 Å². The molecule has 0 N–H and O–H groups in total. The van der Waals surface area contributed by atoms with Gasteiger partial charge in [-0.3, -0.25) is 9.59 Å². The summed E-state index contributed by atoms with van der Waals surface area (Å²) in [5.41, 5.74) is 0. The molecule has 1 aliphatic carbocycles. The fourth-order valence-corrected chi connectivity index (χ4v) is 2.75. The van der Waals surface area contributed by atoms with Crippen molar-refractivity contribution in [3.63, 3.8) is 0 Å². The Labute approximate surface area is 108 Å². The van der Waals surface area contributed by atoms with Crippen molar-refractivity contribution in [3.8, 4) is 0 Å². The second-order valence-electron chi connectivity index (χ2n) is 4.63. The number of carbonyl (C=O) groups is 2. The molecule has 0 saturated carbocycles. The van der Waals surface area contributed by atoms with E-state index in [1.807, 2.05) is 26.0 Å². The lowest BCUT2D eigenvalue weighted by Gasteiger charge is -2.35. The first-order valence-electron chi connectivity index (χ1n) is 6.44. The molecule has 0 unspecified atom stereocenters. The second-order valence-corrected chi connectivity index (χ2v) is 4.63. The molecule has 0 heterocycles. The Morgan fingerprint density at radius 3 is 1.44 bits per heavy atom. The van der Waals surface area contributed by atoms with E-state index in [-0.39, 0.29) is 23.8 Å². The van der Waals surface area contributed by atoms with Crippen LogP contribution < -0.4 is 0 Å². The molecule has 0 bridgehead atoms. The van der Waals surface area contributed by atoms with Crippen LogP contribution in [-0.4, -0.2) is 26.2 Å². The highest BCUT2D eigenvalue weighted by Gasteiger charge is 2.44. The highest BCUT2D eigenvalue weighted by atomic mass is 16.5. The van der Waals surface area contributed by atoms with Gasteiger partial charge >= 0.3 is 11.9 Å². The van der Waals surface area contributed by atoms with Gasteiger partial charge in [0.25, 0.3) is 0 Å². The van der Waals surface area contributed by atoms with E-state index in [0.29, 0.717) is 0 Å². The minimum absolute atomic E-state index is 0.0457. The van der Waals surface area contributed by atoms with Crippen molar-refractivity contribution < 1.29 is 19.1 Å². The highest BCUT2D eigenvalue weighted by Crippen LogP contribution is 2.38. The van der Waals surface area contributed by atoms with E-state index >= 15 is 0 Å². The van der Waals surface area contributed by atoms with Crippen LogP contribution in [0.5, 0.6) is 0 Å². The zero-order valence-corrected chi connectivity index (χ0v) is 11.5. The van der Waals surface area contributed by atoms with Crippen LogP contribution in [-0.2, 0) is 19.1 Å². The lowest BCUT2D eigenvalue weighted by atomic mass is 9.69. The van der Waals surface area contributed by atoms with Gasteiger partial charge in [-0.05, 0) is 24.7 Å². The fraction of sp³-hybridized carbons (Fsp3) is 0.714. The Kier molecular flexibility index (Phi) is 5.38. The van der Waals surface area contributed by atoms with Crippen LogP contribution >= 0.6 is 0 Å². The SMILES string of the molecule is CC[C@H]1C=C[C@@H](CC)[C@H](C(=O)OC)[C@H]1C(=O)OC. The zero-order valence-electron chi connectivity index (χ0n) is 11.5. The largest absolute Gasteiger partial charge is 0.469 e. The van der Waals surface area contributed by atoms with Crippen molar-refractivity contribution in [2.75, 3.05) is 14.2 Å². The third-order valence-corrected chi connectivity index (χ3v) is 3.80. The molecule has 0 aromatic carbocycles. The molecule has 0 aliphatic heterocycles. The summed E-state index contributed by atoms with van der Waals surface area (Å²) < 4.78 is 9.72. The van der Waals surface area contributed by atoms with Gasteiger partial charge in [0.05, 0.1) is 26.1 Å². The van der Waals surface area contributed by atoms with Gasteiger partial charge < -0.3 is 9.47 Å². The summed E-state index contributed by atoms with van der Waals surface area (Å²) in [6.07, 6.45) is 5.69. The Morgan fingerprint density at radius 2 is 1.22 bits per heavy atom. The molecule has 0 radical (unpaired) electrons. The summed E-state index contributed by atoms with van der Waals surface area (Å²) in [6, 6.07) is 0. The molecule has 4 heteroatoms. The summed E-state index contributed by atoms with van der Waals surface area (Å²) in [7, 11) is 2.73. The van der Waals surface area contributed by atoms with E-state index in [1.165, 1.54) is 14.2 Å². The minimum Gasteiger partial charge on any atom is -0.469 e. The molecule has 102 valence electrons. The van der Waals surface area contributed by atoms with Gasteiger partial charge in [0.2, 0.25) is 0 Å². The molecule has 0 spiro atoms. The van der Waals surface area contributed by atoms with E-state index < -0.39 is 11.8 Å². The van der Waals surface area contributed by atoms with Crippen molar-refractivity contribution in [1.29, 1.82) is 0 Å². The molecule has 0 aromatic rings. The topological polar surface area (TPSA) is 52.6 Å². The summed E-state index contributed by atoms with van der Waals surface area (Å²) in [4.78, 5) is 23.9. The number of ether oxygens (including phenoxy) is 2. The first-order valence-corrected chi connectivity index (χ1v) is 6.44. The van der Waals surface area contributed by atoms with Crippen LogP contribution in [0.25, 0.3) is 0 Å². The number of rotatable bonds is 4. The number of methoxy groups -OCH3 is 2. The van der Waals surface area contributed by atoms with Gasteiger partial charge in [-0.2, -0.15) is 0 Å². The van der Waals surface area contributed by atoms with Crippen LogP contribution in [0.2, 0.25) is 0 Å². The molecular formula is C14H22O4. The predicted octanol–water partition coefficient (Wildman–Crippen LogP) is 2.19. The maximum absolute atomic E-state index is 12.0. The first-order chi connectivity index (χ1) is 8.60. The molecule has 0 fully saturated rings. The van der Waals surface area contributed by atoms with Crippen molar-refractivity contribution in [2.24, 2.45) is 23.7 Å². The maximum Gasteiger partial charge on any atom is 0.310 e. The van der Waals surface area contributed by atoms with Crippen LogP contribution in [0, 0.1) is 23.7 Å². The van der Waals surface area contributed by atoms with Crippen molar-refractivity contribution in [1.82, 2.24) is 0 Å². The van der Waals surface area contributed by atoms with Crippen molar-refractivity contribution >= 4 is 11.9 Å². The van der Waals surface area contributed by atoms with E-state index in [9.17, 15) is 9.59 Å². The highest BCUT2D eigenvalue weighted by molar-refractivity contribution is 5.83. The summed E-state index contributed by atoms with van der Waals surface area (Å²) in [6.45, 7) is 4.01. The molecule has 1 rings (SSSR count). The Morgan fingerprint density at radius 1 is 0.889 bits per heavy atom.